The zero-order valence-electron chi connectivity index (χ0n) is 25.5. The van der Waals surface area contributed by atoms with Gasteiger partial charge in [-0.3, -0.25) is 4.79 Å². The van der Waals surface area contributed by atoms with Crippen molar-refractivity contribution in [1.29, 1.82) is 0 Å². The van der Waals surface area contributed by atoms with Gasteiger partial charge in [-0.05, 0) is 93.3 Å². The van der Waals surface area contributed by atoms with E-state index < -0.39 is 6.36 Å². The molecular formula is C34H34F3N5O2S. The molecule has 3 atom stereocenters. The largest absolute Gasteiger partial charge is 0.573 e. The Bertz CT molecular complexity index is 1710. The lowest BCUT2D eigenvalue weighted by Crippen LogP contribution is -2.42. The number of ether oxygens (including phenoxy) is 1. The molecule has 1 aromatic heterocycles. The van der Waals surface area contributed by atoms with E-state index in [2.05, 4.69) is 64.5 Å². The molecule has 1 saturated carbocycles. The van der Waals surface area contributed by atoms with Gasteiger partial charge in [0.05, 0.1) is 5.69 Å². The highest BCUT2D eigenvalue weighted by molar-refractivity contribution is 8.14. The Labute approximate surface area is 264 Å². The molecule has 7 nitrogen and oxygen atoms in total. The molecular weight excluding hydrogens is 599 g/mol. The van der Waals surface area contributed by atoms with Gasteiger partial charge in [0.1, 0.15) is 12.1 Å². The second-order valence-corrected chi connectivity index (χ2v) is 12.9. The Morgan fingerprint density at radius 1 is 1.04 bits per heavy atom. The van der Waals surface area contributed by atoms with Gasteiger partial charge in [0, 0.05) is 29.5 Å². The lowest BCUT2D eigenvalue weighted by Gasteiger charge is -2.37. The zero-order chi connectivity index (χ0) is 31.9. The fourth-order valence-electron chi connectivity index (χ4n) is 6.12. The van der Waals surface area contributed by atoms with Gasteiger partial charge in [0.25, 0.3) is 0 Å². The van der Waals surface area contributed by atoms with Gasteiger partial charge in [0.15, 0.2) is 11.0 Å². The van der Waals surface area contributed by atoms with Crippen LogP contribution in [0.25, 0.3) is 17.1 Å². The van der Waals surface area contributed by atoms with Crippen molar-refractivity contribution < 1.29 is 22.7 Å². The predicted octanol–water partition coefficient (Wildman–Crippen LogP) is 8.17. The minimum absolute atomic E-state index is 0.0733. The summed E-state index contributed by atoms with van der Waals surface area (Å²) in [6, 6.07) is 18.1. The van der Waals surface area contributed by atoms with Crippen LogP contribution in [0, 0.1) is 26.7 Å². The van der Waals surface area contributed by atoms with Gasteiger partial charge < -0.3 is 9.64 Å². The van der Waals surface area contributed by atoms with Gasteiger partial charge in [-0.15, -0.1) is 18.3 Å². The predicted molar refractivity (Wildman–Crippen MR) is 171 cm³/mol. The lowest BCUT2D eigenvalue weighted by molar-refractivity contribution is -0.274. The number of halogens is 3. The summed E-state index contributed by atoms with van der Waals surface area (Å²) in [6.45, 7) is 8.56. The van der Waals surface area contributed by atoms with Crippen LogP contribution in [0.3, 0.4) is 0 Å². The third-order valence-electron chi connectivity index (χ3n) is 8.29. The lowest BCUT2D eigenvalue weighted by atomic mass is 10.0. The monoisotopic (exact) mass is 633 g/mol. The number of aliphatic imine (C=N–C) groups is 1. The van der Waals surface area contributed by atoms with E-state index in [4.69, 9.17) is 0 Å². The van der Waals surface area contributed by atoms with Crippen LogP contribution in [0.5, 0.6) is 5.75 Å². The first-order chi connectivity index (χ1) is 21.4. The maximum Gasteiger partial charge on any atom is 0.573 e. The molecule has 1 saturated heterocycles. The van der Waals surface area contributed by atoms with Gasteiger partial charge in [-0.1, -0.05) is 53.7 Å². The van der Waals surface area contributed by atoms with Crippen LogP contribution in [0.1, 0.15) is 54.4 Å². The van der Waals surface area contributed by atoms with Crippen molar-refractivity contribution in [2.75, 3.05) is 10.7 Å². The molecule has 1 aliphatic heterocycles. The van der Waals surface area contributed by atoms with E-state index in [0.29, 0.717) is 23.9 Å². The first kappa shape index (κ1) is 30.9. The minimum atomic E-state index is -4.74. The van der Waals surface area contributed by atoms with Crippen LogP contribution in [-0.2, 0) is 4.79 Å². The van der Waals surface area contributed by atoms with Crippen molar-refractivity contribution in [2.45, 2.75) is 65.3 Å². The van der Waals surface area contributed by atoms with E-state index in [1.54, 1.807) is 11.8 Å². The second-order valence-electron chi connectivity index (χ2n) is 11.9. The van der Waals surface area contributed by atoms with Crippen LogP contribution in [0.4, 0.5) is 18.9 Å². The van der Waals surface area contributed by atoms with Crippen LogP contribution in [0.2, 0.25) is 0 Å². The summed E-state index contributed by atoms with van der Waals surface area (Å²) in [6.07, 6.45) is -0.826. The molecule has 0 radical (unpaired) electrons. The molecule has 1 aliphatic carbocycles. The molecule has 3 unspecified atom stereocenters. The molecule has 11 heteroatoms. The number of benzene rings is 3. The Morgan fingerprint density at radius 3 is 2.40 bits per heavy atom. The fourth-order valence-corrected chi connectivity index (χ4v) is 7.34. The average molecular weight is 634 g/mol. The van der Waals surface area contributed by atoms with Crippen molar-refractivity contribution in [1.82, 2.24) is 14.8 Å². The van der Waals surface area contributed by atoms with Crippen molar-refractivity contribution in [3.05, 3.63) is 89.2 Å². The van der Waals surface area contributed by atoms with E-state index in [0.717, 1.165) is 40.6 Å². The number of aromatic nitrogens is 3. The summed E-state index contributed by atoms with van der Waals surface area (Å²) < 4.78 is 42.7. The first-order valence-corrected chi connectivity index (χ1v) is 15.9. The number of anilines is 1. The first-order valence-electron chi connectivity index (χ1n) is 14.9. The van der Waals surface area contributed by atoms with Crippen molar-refractivity contribution in [3.63, 3.8) is 0 Å². The van der Waals surface area contributed by atoms with Crippen molar-refractivity contribution in [3.8, 4) is 22.8 Å². The second kappa shape index (κ2) is 12.3. The molecule has 0 spiro atoms. The molecule has 2 fully saturated rings. The normalized spacial score (nSPS) is 20.8. The fraction of sp³-hybridized carbons (Fsp3) is 0.353. The van der Waals surface area contributed by atoms with E-state index in [-0.39, 0.29) is 23.6 Å². The Balaban J connectivity index is 1.09. The number of carbonyl (C=O) groups is 1. The van der Waals surface area contributed by atoms with Gasteiger partial charge in [-0.2, -0.15) is 4.99 Å². The third kappa shape index (κ3) is 7.08. The number of hydrogen-bond acceptors (Lipinski definition) is 5. The molecule has 4 aromatic rings. The topological polar surface area (TPSA) is 72.6 Å². The molecule has 2 aliphatic rings. The number of hydrogen-bond donors (Lipinski definition) is 0. The molecule has 45 heavy (non-hydrogen) atoms. The van der Waals surface area contributed by atoms with E-state index >= 15 is 0 Å². The van der Waals surface area contributed by atoms with Crippen molar-refractivity contribution in [2.24, 2.45) is 10.9 Å². The zero-order valence-corrected chi connectivity index (χ0v) is 26.3. The smallest absolute Gasteiger partial charge is 0.406 e. The van der Waals surface area contributed by atoms with Crippen LogP contribution in [-0.4, -0.2) is 44.0 Å². The summed E-state index contributed by atoms with van der Waals surface area (Å²) in [5.41, 5.74) is 7.32. The van der Waals surface area contributed by atoms with Crippen LogP contribution >= 0.6 is 11.8 Å². The van der Waals surface area contributed by atoms with E-state index in [1.807, 2.05) is 24.3 Å². The third-order valence-corrected chi connectivity index (χ3v) is 9.28. The molecule has 3 aromatic carbocycles. The molecule has 0 N–H and O–H groups in total. The number of carbonyl (C=O) groups excluding carboxylic acids is 1. The molecule has 0 bridgehead atoms. The van der Waals surface area contributed by atoms with Gasteiger partial charge >= 0.3 is 6.36 Å². The van der Waals surface area contributed by atoms with E-state index in [9.17, 15) is 18.0 Å². The number of nitrogens with zero attached hydrogens (tertiary/aromatic N) is 5. The molecule has 6 rings (SSSR count). The standard InChI is InChI=1S/C34H34F3N5O2S/c1-20-15-21(2)31(22(3)16-20)42-23(4)13-14-45-33(42)39-30(43)18-26-17-29(26)24-5-7-25(8-6-24)32-38-19-41(40-32)27-9-11-28(12-10-27)44-34(35,36)37/h5-12,15-16,19,23,26,29H,13-14,17-18H2,1-4H3. The highest BCUT2D eigenvalue weighted by Gasteiger charge is 2.40. The number of amidine groups is 1. The highest BCUT2D eigenvalue weighted by atomic mass is 32.2. The van der Waals surface area contributed by atoms with Gasteiger partial charge in [0.2, 0.25) is 5.91 Å². The maximum absolute atomic E-state index is 13.2. The van der Waals surface area contributed by atoms with E-state index in [1.165, 1.54) is 52.0 Å². The average Bonchev–Trinajstić information content (AvgIpc) is 3.55. The summed E-state index contributed by atoms with van der Waals surface area (Å²) in [5.74, 6) is 1.64. The van der Waals surface area contributed by atoms with Gasteiger partial charge in [-0.25, -0.2) is 9.67 Å². The van der Waals surface area contributed by atoms with Crippen LogP contribution < -0.4 is 9.64 Å². The summed E-state index contributed by atoms with van der Waals surface area (Å²) in [4.78, 5) is 24.5. The Kier molecular flexibility index (Phi) is 8.47. The SMILES string of the molecule is Cc1cc(C)c(N2C(=NC(=O)CC3CC3c3ccc(-c4ncn(-c5ccc(OC(F)(F)F)cc5)n4)cc3)SCCC2C)c(C)c1. The quantitative estimate of drug-likeness (QED) is 0.205. The number of thioether (sulfide) groups is 1. The summed E-state index contributed by atoms with van der Waals surface area (Å²) in [7, 11) is 0. The van der Waals surface area contributed by atoms with Crippen LogP contribution in [0.15, 0.2) is 72.0 Å². The number of aryl methyl sites for hydroxylation is 3. The molecule has 1 amide bonds. The molecule has 2 heterocycles. The highest BCUT2D eigenvalue weighted by Crippen LogP contribution is 2.50. The Morgan fingerprint density at radius 2 is 1.73 bits per heavy atom. The maximum atomic E-state index is 13.2. The summed E-state index contributed by atoms with van der Waals surface area (Å²) >= 11 is 1.66. The number of alkyl halides is 3. The van der Waals surface area contributed by atoms with Crippen molar-refractivity contribution >= 4 is 28.5 Å². The minimum Gasteiger partial charge on any atom is -0.406 e. The Hall–Kier alpha value is -4.12. The number of rotatable bonds is 7. The summed E-state index contributed by atoms with van der Waals surface area (Å²) in [5, 5.41) is 5.28. The number of amides is 1. The molecule has 234 valence electrons.